The average molecular weight is 346 g/mol. The minimum atomic E-state index is -0.911. The summed E-state index contributed by atoms with van der Waals surface area (Å²) < 4.78 is 0. The Morgan fingerprint density at radius 2 is 1.56 bits per heavy atom. The zero-order chi connectivity index (χ0) is 18.6. The summed E-state index contributed by atoms with van der Waals surface area (Å²) in [5.41, 5.74) is 0.623. The van der Waals surface area contributed by atoms with Crippen LogP contribution in [0, 0.1) is 17.3 Å². The molecule has 25 heavy (non-hydrogen) atoms. The number of nitrogens with one attached hydrogen (secondary N) is 2. The van der Waals surface area contributed by atoms with E-state index in [0.717, 1.165) is 12.8 Å². The number of benzene rings is 1. The van der Waals surface area contributed by atoms with Crippen LogP contribution in [0.1, 0.15) is 46.5 Å². The van der Waals surface area contributed by atoms with Crippen LogP contribution < -0.4 is 10.6 Å². The normalized spacial score (nSPS) is 20.6. The molecule has 0 heterocycles. The number of hydrogen-bond donors (Lipinski definition) is 3. The Labute approximate surface area is 148 Å². The first kappa shape index (κ1) is 19.0. The van der Waals surface area contributed by atoms with Gasteiger partial charge < -0.3 is 15.7 Å². The van der Waals surface area contributed by atoms with Gasteiger partial charge in [-0.25, -0.2) is 0 Å². The molecule has 0 aliphatic heterocycles. The van der Waals surface area contributed by atoms with Gasteiger partial charge >= 0.3 is 5.97 Å². The van der Waals surface area contributed by atoms with Crippen LogP contribution in [0.3, 0.4) is 0 Å². The zero-order valence-corrected chi connectivity index (χ0v) is 15.0. The minimum Gasteiger partial charge on any atom is -0.481 e. The van der Waals surface area contributed by atoms with Crippen molar-refractivity contribution in [2.24, 2.45) is 17.3 Å². The van der Waals surface area contributed by atoms with Crippen molar-refractivity contribution in [3.63, 3.8) is 0 Å². The summed E-state index contributed by atoms with van der Waals surface area (Å²) in [6.07, 6.45) is 2.83. The summed E-state index contributed by atoms with van der Waals surface area (Å²) in [4.78, 5) is 35.9. The largest absolute Gasteiger partial charge is 0.481 e. The third kappa shape index (κ3) is 5.05. The Bertz CT molecular complexity index is 664. The van der Waals surface area contributed by atoms with Gasteiger partial charge in [0.05, 0.1) is 11.8 Å². The third-order valence-corrected chi connectivity index (χ3v) is 4.49. The molecule has 2 rings (SSSR count). The van der Waals surface area contributed by atoms with Gasteiger partial charge in [-0.2, -0.15) is 0 Å². The van der Waals surface area contributed by atoms with E-state index in [1.807, 2.05) is 20.8 Å². The zero-order valence-electron chi connectivity index (χ0n) is 15.0. The average Bonchev–Trinajstić information content (AvgIpc) is 2.54. The number of anilines is 2. The molecule has 0 unspecified atom stereocenters. The van der Waals surface area contributed by atoms with Crippen molar-refractivity contribution in [3.05, 3.63) is 24.3 Å². The lowest BCUT2D eigenvalue weighted by atomic mass is 9.78. The maximum absolute atomic E-state index is 12.5. The number of rotatable bonds is 4. The van der Waals surface area contributed by atoms with Gasteiger partial charge in [0, 0.05) is 16.8 Å². The molecule has 0 radical (unpaired) electrons. The maximum atomic E-state index is 12.5. The van der Waals surface area contributed by atoms with Gasteiger partial charge in [-0.15, -0.1) is 0 Å². The molecule has 0 spiro atoms. The third-order valence-electron chi connectivity index (χ3n) is 4.49. The van der Waals surface area contributed by atoms with Crippen LogP contribution in [0.15, 0.2) is 24.3 Å². The first-order chi connectivity index (χ1) is 11.7. The predicted octanol–water partition coefficient (Wildman–Crippen LogP) is 3.50. The van der Waals surface area contributed by atoms with E-state index in [4.69, 9.17) is 0 Å². The molecule has 2 amide bonds. The maximum Gasteiger partial charge on any atom is 0.307 e. The Hall–Kier alpha value is -2.37. The predicted molar refractivity (Wildman–Crippen MR) is 96.2 cm³/mol. The summed E-state index contributed by atoms with van der Waals surface area (Å²) in [6, 6.07) is 6.90. The van der Waals surface area contributed by atoms with E-state index in [1.54, 1.807) is 24.3 Å². The first-order valence-electron chi connectivity index (χ1n) is 8.63. The highest BCUT2D eigenvalue weighted by Crippen LogP contribution is 2.31. The molecule has 136 valence electrons. The van der Waals surface area contributed by atoms with E-state index in [0.29, 0.717) is 24.2 Å². The number of carboxylic acid groups (broad SMARTS) is 1. The van der Waals surface area contributed by atoms with Crippen molar-refractivity contribution >= 4 is 29.2 Å². The molecule has 3 N–H and O–H groups in total. The highest BCUT2D eigenvalue weighted by molar-refractivity contribution is 5.97. The van der Waals surface area contributed by atoms with Crippen LogP contribution in [0.2, 0.25) is 0 Å². The van der Waals surface area contributed by atoms with Crippen molar-refractivity contribution in [3.8, 4) is 0 Å². The molecule has 0 saturated heterocycles. The van der Waals surface area contributed by atoms with Gasteiger partial charge in [0.25, 0.3) is 0 Å². The lowest BCUT2D eigenvalue weighted by Crippen LogP contribution is -2.36. The lowest BCUT2D eigenvalue weighted by Gasteiger charge is -2.27. The fourth-order valence-corrected chi connectivity index (χ4v) is 2.97. The number of aliphatic carboxylic acids is 1. The van der Waals surface area contributed by atoms with Gasteiger partial charge in [-0.3, -0.25) is 14.4 Å². The van der Waals surface area contributed by atoms with Crippen molar-refractivity contribution in [2.45, 2.75) is 46.5 Å². The molecule has 1 aromatic carbocycles. The molecule has 1 aliphatic rings. The summed E-state index contributed by atoms with van der Waals surface area (Å²) in [5, 5.41) is 14.9. The molecular formula is C19H26N2O4. The standard InChI is InChI=1S/C19H26N2O4/c1-19(2,3)18(25)21-13-8-6-7-12(11-13)20-16(22)14-9-4-5-10-15(14)17(23)24/h6-8,11,14-15H,4-5,9-10H2,1-3H3,(H,20,22)(H,21,25)(H,23,24)/t14-,15-/m1/s1. The van der Waals surface area contributed by atoms with Gasteiger partial charge in [0.2, 0.25) is 11.8 Å². The molecule has 1 aliphatic carbocycles. The summed E-state index contributed by atoms with van der Waals surface area (Å²) in [6.45, 7) is 5.47. The van der Waals surface area contributed by atoms with E-state index in [1.165, 1.54) is 0 Å². The van der Waals surface area contributed by atoms with Crippen molar-refractivity contribution in [1.29, 1.82) is 0 Å². The molecule has 1 fully saturated rings. The number of amides is 2. The van der Waals surface area contributed by atoms with E-state index in [2.05, 4.69) is 10.6 Å². The van der Waals surface area contributed by atoms with E-state index in [-0.39, 0.29) is 11.8 Å². The first-order valence-corrected chi connectivity index (χ1v) is 8.63. The van der Waals surface area contributed by atoms with Gasteiger partial charge in [-0.05, 0) is 31.0 Å². The fraction of sp³-hybridized carbons (Fsp3) is 0.526. The second-order valence-electron chi connectivity index (χ2n) is 7.61. The molecule has 0 bridgehead atoms. The number of carbonyl (C=O) groups excluding carboxylic acids is 2. The topological polar surface area (TPSA) is 95.5 Å². The highest BCUT2D eigenvalue weighted by atomic mass is 16.4. The van der Waals surface area contributed by atoms with Gasteiger partial charge in [-0.1, -0.05) is 39.7 Å². The molecule has 6 heteroatoms. The molecular weight excluding hydrogens is 320 g/mol. The second-order valence-corrected chi connectivity index (χ2v) is 7.61. The van der Waals surface area contributed by atoms with Gasteiger partial charge in [0.15, 0.2) is 0 Å². The van der Waals surface area contributed by atoms with Crippen LogP contribution in [-0.4, -0.2) is 22.9 Å². The Kier molecular flexibility index (Phi) is 5.82. The van der Waals surface area contributed by atoms with Crippen LogP contribution in [0.4, 0.5) is 11.4 Å². The summed E-state index contributed by atoms with van der Waals surface area (Å²) in [5.74, 6) is -2.44. The summed E-state index contributed by atoms with van der Waals surface area (Å²) in [7, 11) is 0. The molecule has 6 nitrogen and oxygen atoms in total. The molecule has 0 aromatic heterocycles. The Morgan fingerprint density at radius 3 is 2.12 bits per heavy atom. The smallest absolute Gasteiger partial charge is 0.307 e. The minimum absolute atomic E-state index is 0.116. The Morgan fingerprint density at radius 1 is 1.00 bits per heavy atom. The molecule has 2 atom stereocenters. The number of hydrogen-bond acceptors (Lipinski definition) is 3. The van der Waals surface area contributed by atoms with Crippen molar-refractivity contribution < 1.29 is 19.5 Å². The number of carbonyl (C=O) groups is 3. The van der Waals surface area contributed by atoms with E-state index < -0.39 is 23.2 Å². The van der Waals surface area contributed by atoms with E-state index >= 15 is 0 Å². The van der Waals surface area contributed by atoms with Crippen molar-refractivity contribution in [2.75, 3.05) is 10.6 Å². The van der Waals surface area contributed by atoms with Crippen LogP contribution in [0.5, 0.6) is 0 Å². The fourth-order valence-electron chi connectivity index (χ4n) is 2.97. The quantitative estimate of drug-likeness (QED) is 0.777. The SMILES string of the molecule is CC(C)(C)C(=O)Nc1cccc(NC(=O)[C@@H]2CCCC[C@H]2C(=O)O)c1. The van der Waals surface area contributed by atoms with Gasteiger partial charge in [0.1, 0.15) is 0 Å². The highest BCUT2D eigenvalue weighted by Gasteiger charge is 2.35. The second kappa shape index (κ2) is 7.68. The monoisotopic (exact) mass is 346 g/mol. The van der Waals surface area contributed by atoms with Crippen molar-refractivity contribution in [1.82, 2.24) is 0 Å². The molecule has 1 aromatic rings. The van der Waals surface area contributed by atoms with E-state index in [9.17, 15) is 19.5 Å². The van der Waals surface area contributed by atoms with Crippen LogP contribution >= 0.6 is 0 Å². The lowest BCUT2D eigenvalue weighted by molar-refractivity contribution is -0.147. The van der Waals surface area contributed by atoms with Crippen LogP contribution in [-0.2, 0) is 14.4 Å². The molecule has 1 saturated carbocycles. The number of carboxylic acids is 1. The van der Waals surface area contributed by atoms with Crippen LogP contribution in [0.25, 0.3) is 0 Å². The Balaban J connectivity index is 2.07. The summed E-state index contributed by atoms with van der Waals surface area (Å²) >= 11 is 0.